The van der Waals surface area contributed by atoms with Crippen LogP contribution in [0, 0.1) is 6.57 Å². The van der Waals surface area contributed by atoms with Crippen LogP contribution in [-0.4, -0.2) is 15.0 Å². The fourth-order valence-corrected chi connectivity index (χ4v) is 10.5. The highest BCUT2D eigenvalue weighted by atomic mass is 15.0. The monoisotopic (exact) mass is 914 g/mol. The van der Waals surface area contributed by atoms with Crippen molar-refractivity contribution in [2.75, 3.05) is 0 Å². The van der Waals surface area contributed by atoms with E-state index in [0.29, 0.717) is 23.2 Å². The highest BCUT2D eigenvalue weighted by Crippen LogP contribution is 2.44. The molecular formula is C68H42N4. The van der Waals surface area contributed by atoms with Crippen molar-refractivity contribution < 1.29 is 0 Å². The van der Waals surface area contributed by atoms with E-state index in [-0.39, 0.29) is 0 Å². The van der Waals surface area contributed by atoms with Crippen molar-refractivity contribution >= 4 is 48.8 Å². The van der Waals surface area contributed by atoms with Crippen LogP contribution >= 0.6 is 0 Å². The smallest absolute Gasteiger partial charge is 0.195 e. The molecule has 0 aliphatic carbocycles. The van der Waals surface area contributed by atoms with Crippen LogP contribution in [0.4, 0.5) is 5.69 Å². The fraction of sp³-hybridized carbons (Fsp3) is 0. The Labute approximate surface area is 417 Å². The molecule has 13 aromatic rings. The summed E-state index contributed by atoms with van der Waals surface area (Å²) in [5, 5.41) is 9.94. The third-order valence-corrected chi connectivity index (χ3v) is 14.0. The van der Waals surface area contributed by atoms with Crippen LogP contribution in [0.3, 0.4) is 0 Å². The van der Waals surface area contributed by atoms with Crippen LogP contribution in [0.1, 0.15) is 0 Å². The highest BCUT2D eigenvalue weighted by molar-refractivity contribution is 6.25. The lowest BCUT2D eigenvalue weighted by Crippen LogP contribution is -2.01. The molecule has 0 aliphatic rings. The van der Waals surface area contributed by atoms with Crippen LogP contribution in [0.15, 0.2) is 255 Å². The van der Waals surface area contributed by atoms with Crippen molar-refractivity contribution in [3.05, 3.63) is 266 Å². The predicted molar refractivity (Wildman–Crippen MR) is 300 cm³/mol. The SMILES string of the molecule is [C-]#[N+]c1cc(-c2cccc(-c3ccc4c5ccccc5c5ccccc5c4c3)c2)ccc1-c1ccccc1-c1ccccc1-c1nc(-c2ccccc2)nc(-c2ccc(-c3cccc4ccccc34)cc2)n1. The second-order valence-electron chi connectivity index (χ2n) is 18.1. The van der Waals surface area contributed by atoms with Crippen molar-refractivity contribution in [1.82, 2.24) is 15.0 Å². The first-order valence-electron chi connectivity index (χ1n) is 24.2. The molecule has 0 spiro atoms. The Kier molecular flexibility index (Phi) is 10.5. The molecule has 4 heteroatoms. The minimum absolute atomic E-state index is 0.566. The first-order chi connectivity index (χ1) is 35.6. The van der Waals surface area contributed by atoms with Gasteiger partial charge in [0.2, 0.25) is 0 Å². The van der Waals surface area contributed by atoms with Gasteiger partial charge in [0.05, 0.1) is 6.57 Å². The molecule has 12 aromatic carbocycles. The van der Waals surface area contributed by atoms with Gasteiger partial charge in [-0.25, -0.2) is 19.8 Å². The van der Waals surface area contributed by atoms with E-state index in [1.807, 2.05) is 54.6 Å². The molecule has 0 radical (unpaired) electrons. The number of rotatable bonds is 8. The first kappa shape index (κ1) is 42.3. The van der Waals surface area contributed by atoms with Gasteiger partial charge < -0.3 is 0 Å². The minimum atomic E-state index is 0.566. The molecule has 72 heavy (non-hydrogen) atoms. The van der Waals surface area contributed by atoms with Gasteiger partial charge in [-0.1, -0.05) is 237 Å². The lowest BCUT2D eigenvalue weighted by molar-refractivity contribution is 1.07. The molecule has 0 saturated heterocycles. The molecule has 4 nitrogen and oxygen atoms in total. The summed E-state index contributed by atoms with van der Waals surface area (Å²) in [5.74, 6) is 1.74. The molecule has 0 atom stereocenters. The summed E-state index contributed by atoms with van der Waals surface area (Å²) in [5.41, 5.74) is 13.6. The lowest BCUT2D eigenvalue weighted by Gasteiger charge is -2.16. The van der Waals surface area contributed by atoms with Gasteiger partial charge in [-0.05, 0) is 117 Å². The maximum atomic E-state index is 8.53. The molecule has 1 heterocycles. The van der Waals surface area contributed by atoms with Crippen LogP contribution in [0.5, 0.6) is 0 Å². The van der Waals surface area contributed by atoms with E-state index in [9.17, 15) is 0 Å². The molecule has 0 amide bonds. The highest BCUT2D eigenvalue weighted by Gasteiger charge is 2.20. The first-order valence-corrected chi connectivity index (χ1v) is 24.2. The summed E-state index contributed by atoms with van der Waals surface area (Å²) in [6.45, 7) is 8.53. The zero-order chi connectivity index (χ0) is 48.0. The number of hydrogen-bond donors (Lipinski definition) is 0. The molecule has 0 aliphatic heterocycles. The summed E-state index contributed by atoms with van der Waals surface area (Å²) in [6.07, 6.45) is 0. The van der Waals surface area contributed by atoms with Gasteiger partial charge in [-0.3, -0.25) is 0 Å². The van der Waals surface area contributed by atoms with E-state index >= 15 is 0 Å². The molecule has 13 rings (SSSR count). The summed E-state index contributed by atoms with van der Waals surface area (Å²) >= 11 is 0. The Hall–Kier alpha value is -9.82. The Morgan fingerprint density at radius 1 is 0.236 bits per heavy atom. The molecule has 1 aromatic heterocycles. The average molecular weight is 915 g/mol. The number of fused-ring (bicyclic) bond motifs is 7. The number of nitrogens with zero attached hydrogens (tertiary/aromatic N) is 4. The van der Waals surface area contributed by atoms with Gasteiger partial charge in [-0.15, -0.1) is 0 Å². The molecule has 0 saturated carbocycles. The van der Waals surface area contributed by atoms with E-state index in [2.05, 4.69) is 205 Å². The van der Waals surface area contributed by atoms with E-state index in [4.69, 9.17) is 21.5 Å². The number of benzene rings is 12. The third-order valence-electron chi connectivity index (χ3n) is 14.0. The predicted octanol–water partition coefficient (Wildman–Crippen LogP) is 18.4. The van der Waals surface area contributed by atoms with Crippen molar-refractivity contribution in [3.8, 4) is 89.8 Å². The topological polar surface area (TPSA) is 43.0 Å². The van der Waals surface area contributed by atoms with Gasteiger partial charge in [0.15, 0.2) is 23.2 Å². The van der Waals surface area contributed by atoms with E-state index < -0.39 is 0 Å². The summed E-state index contributed by atoms with van der Waals surface area (Å²) < 4.78 is 0. The van der Waals surface area contributed by atoms with E-state index in [1.165, 1.54) is 48.7 Å². The standard InChI is InChI=1S/C68H42N4/c1-69-65-43-51(49-22-15-21-48(41-49)50-37-39-61-56-26-8-7-24-54(56)55-25-10-12-30-60(55)64(61)42-50)38-40-62(65)58-28-11-9-27-57(58)59-29-13-14-31-63(59)68-71-66(46-18-3-2-4-19-46)70-67(72-68)47-35-33-45(34-36-47)53-32-16-20-44-17-5-6-23-52(44)53/h2-43H. The van der Waals surface area contributed by atoms with Crippen LogP contribution in [0.2, 0.25) is 0 Å². The summed E-state index contributed by atoms with van der Waals surface area (Å²) in [6, 6.07) is 89.2. The largest absolute Gasteiger partial charge is 0.237 e. The average Bonchev–Trinajstić information content (AvgIpc) is 3.47. The molecule has 0 bridgehead atoms. The Morgan fingerprint density at radius 2 is 0.639 bits per heavy atom. The zero-order valence-corrected chi connectivity index (χ0v) is 39.0. The summed E-state index contributed by atoms with van der Waals surface area (Å²) in [7, 11) is 0. The van der Waals surface area contributed by atoms with E-state index in [0.717, 1.165) is 66.8 Å². The lowest BCUT2D eigenvalue weighted by atomic mass is 9.89. The molecule has 0 fully saturated rings. The Bertz CT molecular complexity index is 4240. The van der Waals surface area contributed by atoms with Gasteiger partial charge in [0.1, 0.15) is 0 Å². The van der Waals surface area contributed by atoms with Crippen LogP contribution in [0.25, 0.3) is 138 Å². The van der Waals surface area contributed by atoms with Gasteiger partial charge in [0, 0.05) is 16.7 Å². The van der Waals surface area contributed by atoms with Crippen LogP contribution in [-0.2, 0) is 0 Å². The maximum Gasteiger partial charge on any atom is 0.195 e. The van der Waals surface area contributed by atoms with Gasteiger partial charge in [-0.2, -0.15) is 0 Å². The number of hydrogen-bond acceptors (Lipinski definition) is 3. The zero-order valence-electron chi connectivity index (χ0n) is 39.0. The van der Waals surface area contributed by atoms with Gasteiger partial charge >= 0.3 is 0 Å². The van der Waals surface area contributed by atoms with Crippen molar-refractivity contribution in [2.24, 2.45) is 0 Å². The Balaban J connectivity index is 0.871. The molecule has 334 valence electrons. The van der Waals surface area contributed by atoms with Crippen LogP contribution < -0.4 is 0 Å². The van der Waals surface area contributed by atoms with E-state index in [1.54, 1.807) is 0 Å². The molecule has 0 N–H and O–H groups in total. The second kappa shape index (κ2) is 17.9. The van der Waals surface area contributed by atoms with Crippen molar-refractivity contribution in [3.63, 3.8) is 0 Å². The minimum Gasteiger partial charge on any atom is -0.237 e. The molecule has 0 unspecified atom stereocenters. The van der Waals surface area contributed by atoms with Crippen molar-refractivity contribution in [2.45, 2.75) is 0 Å². The van der Waals surface area contributed by atoms with Gasteiger partial charge in [0.25, 0.3) is 0 Å². The Morgan fingerprint density at radius 3 is 1.31 bits per heavy atom. The molecular weight excluding hydrogens is 873 g/mol. The number of aromatic nitrogens is 3. The normalized spacial score (nSPS) is 11.3. The van der Waals surface area contributed by atoms with Crippen molar-refractivity contribution in [1.29, 1.82) is 0 Å². The maximum absolute atomic E-state index is 8.53. The third kappa shape index (κ3) is 7.54. The second-order valence-corrected chi connectivity index (χ2v) is 18.1. The quantitative estimate of drug-likeness (QED) is 0.113. The fourth-order valence-electron chi connectivity index (χ4n) is 10.5. The summed E-state index contributed by atoms with van der Waals surface area (Å²) in [4.78, 5) is 19.6.